The van der Waals surface area contributed by atoms with Crippen LogP contribution in [0.4, 0.5) is 0 Å². The Labute approximate surface area is 130 Å². The second-order valence-corrected chi connectivity index (χ2v) is 6.51. The van der Waals surface area contributed by atoms with Gasteiger partial charge in [0.25, 0.3) is 7.48 Å². The van der Waals surface area contributed by atoms with Crippen molar-refractivity contribution in [3.8, 4) is 0 Å². The minimum atomic E-state index is -0.598. The zero-order chi connectivity index (χ0) is 15.8. The fraction of sp³-hybridized carbons (Fsp3) is 0.941. The van der Waals surface area contributed by atoms with Crippen molar-refractivity contribution < 1.29 is 14.9 Å². The van der Waals surface area contributed by atoms with Gasteiger partial charge >= 0.3 is 5.97 Å². The van der Waals surface area contributed by atoms with Crippen molar-refractivity contribution in [2.75, 3.05) is 0 Å². The molecule has 5 atom stereocenters. The first-order chi connectivity index (χ1) is 10.2. The van der Waals surface area contributed by atoms with Gasteiger partial charge in [-0.1, -0.05) is 46.4 Å². The number of rotatable bonds is 7. The summed E-state index contributed by atoms with van der Waals surface area (Å²) in [5, 5.41) is 18.2. The van der Waals surface area contributed by atoms with E-state index >= 15 is 0 Å². The Hall–Kier alpha value is -0.505. The summed E-state index contributed by atoms with van der Waals surface area (Å²) in [6.45, 7) is 6.24. The molecular weight excluding hydrogens is 263 g/mol. The van der Waals surface area contributed by atoms with Crippen LogP contribution in [0.5, 0.6) is 0 Å². The third-order valence-corrected chi connectivity index (χ3v) is 5.36. The molecule has 3 nitrogen and oxygen atoms in total. The van der Waals surface area contributed by atoms with Crippen molar-refractivity contribution in [2.24, 2.45) is 29.6 Å². The van der Waals surface area contributed by atoms with E-state index in [4.69, 9.17) is 5.02 Å². The Morgan fingerprint density at radius 1 is 1.19 bits per heavy atom. The molecule has 1 radical (unpaired) electrons. The fourth-order valence-electron chi connectivity index (χ4n) is 4.66. The van der Waals surface area contributed by atoms with E-state index in [-0.39, 0.29) is 5.92 Å². The molecule has 2 aliphatic carbocycles. The van der Waals surface area contributed by atoms with Gasteiger partial charge in [-0.25, -0.2) is 0 Å². The molecule has 5 unspecified atom stereocenters. The van der Waals surface area contributed by atoms with E-state index in [0.717, 1.165) is 25.2 Å². The second-order valence-electron chi connectivity index (χ2n) is 6.51. The molecule has 0 aliphatic heterocycles. The summed E-state index contributed by atoms with van der Waals surface area (Å²) < 4.78 is 0. The van der Waals surface area contributed by atoms with Crippen LogP contribution >= 0.6 is 0 Å². The zero-order valence-electron chi connectivity index (χ0n) is 13.9. The van der Waals surface area contributed by atoms with Gasteiger partial charge in [-0.05, 0) is 49.4 Å². The smallest absolute Gasteiger partial charge is 0.306 e. The van der Waals surface area contributed by atoms with Gasteiger partial charge in [-0.2, -0.15) is 0 Å². The Morgan fingerprint density at radius 2 is 1.90 bits per heavy atom. The lowest BCUT2D eigenvalue weighted by Gasteiger charge is -2.22. The molecule has 2 fully saturated rings. The van der Waals surface area contributed by atoms with Gasteiger partial charge in [-0.15, -0.1) is 0 Å². The minimum Gasteiger partial charge on any atom is -0.481 e. The van der Waals surface area contributed by atoms with E-state index in [1.54, 1.807) is 0 Å². The lowest BCUT2D eigenvalue weighted by molar-refractivity contribution is -0.143. The molecule has 0 bridgehead atoms. The molecule has 0 aromatic carbocycles. The molecule has 0 heterocycles. The van der Waals surface area contributed by atoms with Crippen molar-refractivity contribution >= 4 is 13.5 Å². The molecule has 121 valence electrons. The standard InChI is InChI=1S/C15H26BO3.C2H6/c1-2-4-10-7-11-9-14(15(17)18)12(13(11)8-10)5-3-6-16-19;1-2/h10-14,19H,2-9H2,1H3,(H,17,18);1-2H3. The van der Waals surface area contributed by atoms with Crippen molar-refractivity contribution in [3.63, 3.8) is 0 Å². The molecule has 2 saturated carbocycles. The van der Waals surface area contributed by atoms with Crippen LogP contribution in [-0.2, 0) is 4.79 Å². The first kappa shape index (κ1) is 18.5. The Kier molecular flexibility index (Phi) is 8.39. The highest BCUT2D eigenvalue weighted by Crippen LogP contribution is 2.55. The maximum atomic E-state index is 11.4. The second kappa shape index (κ2) is 9.50. The van der Waals surface area contributed by atoms with E-state index in [0.29, 0.717) is 24.1 Å². The van der Waals surface area contributed by atoms with Gasteiger partial charge in [-0.3, -0.25) is 4.79 Å². The van der Waals surface area contributed by atoms with Crippen LogP contribution < -0.4 is 0 Å². The van der Waals surface area contributed by atoms with Crippen molar-refractivity contribution in [3.05, 3.63) is 0 Å². The number of aliphatic carboxylic acids is 1. The normalized spacial score (nSPS) is 34.0. The highest BCUT2D eigenvalue weighted by Gasteiger charge is 2.49. The van der Waals surface area contributed by atoms with E-state index in [1.165, 1.54) is 33.2 Å². The molecule has 0 aromatic rings. The highest BCUT2D eigenvalue weighted by atomic mass is 16.4. The summed E-state index contributed by atoms with van der Waals surface area (Å²) >= 11 is 0. The molecule has 2 aliphatic rings. The van der Waals surface area contributed by atoms with Crippen molar-refractivity contribution in [1.29, 1.82) is 0 Å². The molecule has 4 heteroatoms. The first-order valence-corrected chi connectivity index (χ1v) is 8.86. The van der Waals surface area contributed by atoms with E-state index < -0.39 is 5.97 Å². The Morgan fingerprint density at radius 3 is 2.48 bits per heavy atom. The lowest BCUT2D eigenvalue weighted by Crippen LogP contribution is -2.22. The van der Waals surface area contributed by atoms with Gasteiger partial charge in [0.2, 0.25) is 0 Å². The van der Waals surface area contributed by atoms with Crippen molar-refractivity contribution in [1.82, 2.24) is 0 Å². The molecule has 0 saturated heterocycles. The van der Waals surface area contributed by atoms with Crippen molar-refractivity contribution in [2.45, 2.75) is 72.0 Å². The topological polar surface area (TPSA) is 57.5 Å². The molecule has 2 rings (SSSR count). The Bertz CT molecular complexity index is 308. The third-order valence-electron chi connectivity index (χ3n) is 5.36. The first-order valence-electron chi connectivity index (χ1n) is 8.86. The summed E-state index contributed by atoms with van der Waals surface area (Å²) in [4.78, 5) is 11.4. The number of carbonyl (C=O) groups is 1. The van der Waals surface area contributed by atoms with E-state index in [1.807, 2.05) is 13.8 Å². The third kappa shape index (κ3) is 4.74. The van der Waals surface area contributed by atoms with Gasteiger partial charge in [0.1, 0.15) is 0 Å². The number of carboxylic acids is 1. The molecule has 0 amide bonds. The zero-order valence-corrected chi connectivity index (χ0v) is 13.9. The maximum absolute atomic E-state index is 11.4. The largest absolute Gasteiger partial charge is 0.481 e. The quantitative estimate of drug-likeness (QED) is 0.551. The number of hydrogen-bond acceptors (Lipinski definition) is 2. The SMILES string of the molecule is CC.CCCC1CC2CC(C(=O)O)C(CCC[B]O)C2C1. The maximum Gasteiger partial charge on any atom is 0.306 e. The molecule has 0 spiro atoms. The van der Waals surface area contributed by atoms with Crippen LogP contribution in [0.3, 0.4) is 0 Å². The fourth-order valence-corrected chi connectivity index (χ4v) is 4.66. The average Bonchev–Trinajstić information content (AvgIpc) is 3.00. The summed E-state index contributed by atoms with van der Waals surface area (Å²) in [6, 6.07) is 0. The predicted molar refractivity (Wildman–Crippen MR) is 87.2 cm³/mol. The number of hydrogen-bond donors (Lipinski definition) is 2. The lowest BCUT2D eigenvalue weighted by atomic mass is 9.80. The van der Waals surface area contributed by atoms with Crippen LogP contribution in [0.1, 0.15) is 65.7 Å². The minimum absolute atomic E-state index is 0.128. The average molecular weight is 295 g/mol. The molecule has 21 heavy (non-hydrogen) atoms. The van der Waals surface area contributed by atoms with Crippen LogP contribution in [0, 0.1) is 29.6 Å². The monoisotopic (exact) mass is 295 g/mol. The summed E-state index contributed by atoms with van der Waals surface area (Å²) in [5.41, 5.74) is 0. The molecule has 0 aromatic heterocycles. The van der Waals surface area contributed by atoms with Crippen LogP contribution in [0.2, 0.25) is 6.32 Å². The molecule has 2 N–H and O–H groups in total. The van der Waals surface area contributed by atoms with Crippen LogP contribution in [0.15, 0.2) is 0 Å². The van der Waals surface area contributed by atoms with Crippen LogP contribution in [-0.4, -0.2) is 23.6 Å². The highest BCUT2D eigenvalue weighted by molar-refractivity contribution is 6.25. The van der Waals surface area contributed by atoms with E-state index in [9.17, 15) is 9.90 Å². The van der Waals surface area contributed by atoms with Gasteiger partial charge in [0.05, 0.1) is 5.92 Å². The number of carboxylic acid groups (broad SMARTS) is 1. The Balaban J connectivity index is 0.00000106. The van der Waals surface area contributed by atoms with Gasteiger partial charge in [0, 0.05) is 0 Å². The van der Waals surface area contributed by atoms with Gasteiger partial charge < -0.3 is 10.1 Å². The summed E-state index contributed by atoms with van der Waals surface area (Å²) in [5.74, 6) is 1.75. The van der Waals surface area contributed by atoms with Crippen LogP contribution in [0.25, 0.3) is 0 Å². The predicted octanol–water partition coefficient (Wildman–Crippen LogP) is 3.99. The number of fused-ring (bicyclic) bond motifs is 1. The molecular formula is C17H32BO3. The summed E-state index contributed by atoms with van der Waals surface area (Å²) in [6.07, 6.45) is 8.53. The summed E-state index contributed by atoms with van der Waals surface area (Å²) in [7, 11) is 1.21. The van der Waals surface area contributed by atoms with E-state index in [2.05, 4.69) is 6.92 Å². The van der Waals surface area contributed by atoms with Gasteiger partial charge in [0.15, 0.2) is 0 Å².